The topological polar surface area (TPSA) is 60.9 Å². The highest BCUT2D eigenvalue weighted by Gasteiger charge is 2.27. The van der Waals surface area contributed by atoms with Crippen LogP contribution in [0.15, 0.2) is 12.1 Å². The Balaban J connectivity index is 1.90. The Morgan fingerprint density at radius 2 is 1.92 bits per heavy atom. The molecule has 2 heterocycles. The average molecular weight is 371 g/mol. The van der Waals surface area contributed by atoms with E-state index in [0.717, 1.165) is 12.8 Å². The SMILES string of the molecule is CC(C)Oc1cc(OC2CCN(C(=O)OC(C)(C)C)CC2)cc(Cl)n1. The fraction of sp³-hybridized carbons (Fsp3) is 0.667. The largest absolute Gasteiger partial charge is 0.490 e. The van der Waals surface area contributed by atoms with Crippen molar-refractivity contribution in [3.05, 3.63) is 17.3 Å². The van der Waals surface area contributed by atoms with Gasteiger partial charge in [0.1, 0.15) is 22.6 Å². The van der Waals surface area contributed by atoms with Gasteiger partial charge in [0.25, 0.3) is 0 Å². The van der Waals surface area contributed by atoms with E-state index in [9.17, 15) is 4.79 Å². The Bertz CT molecular complexity index is 593. The Morgan fingerprint density at radius 1 is 1.28 bits per heavy atom. The molecule has 0 atom stereocenters. The second kappa shape index (κ2) is 8.13. The van der Waals surface area contributed by atoms with E-state index in [1.165, 1.54) is 0 Å². The van der Waals surface area contributed by atoms with Crippen molar-refractivity contribution in [3.8, 4) is 11.6 Å². The Kier molecular flexibility index (Phi) is 6.38. The molecule has 140 valence electrons. The van der Waals surface area contributed by atoms with E-state index < -0.39 is 5.60 Å². The first-order valence-electron chi connectivity index (χ1n) is 8.61. The van der Waals surface area contributed by atoms with Gasteiger partial charge in [-0.25, -0.2) is 9.78 Å². The van der Waals surface area contributed by atoms with Crippen molar-refractivity contribution < 1.29 is 19.0 Å². The van der Waals surface area contributed by atoms with Gasteiger partial charge in [-0.15, -0.1) is 0 Å². The molecule has 0 N–H and O–H groups in total. The summed E-state index contributed by atoms with van der Waals surface area (Å²) < 4.78 is 17.0. The van der Waals surface area contributed by atoms with Gasteiger partial charge in [-0.05, 0) is 34.6 Å². The molecule has 0 unspecified atom stereocenters. The maximum absolute atomic E-state index is 12.1. The lowest BCUT2D eigenvalue weighted by atomic mass is 10.1. The summed E-state index contributed by atoms with van der Waals surface area (Å²) in [5.74, 6) is 1.08. The summed E-state index contributed by atoms with van der Waals surface area (Å²) in [5.41, 5.74) is -0.481. The molecule has 1 aliphatic rings. The summed E-state index contributed by atoms with van der Waals surface area (Å²) in [6.07, 6.45) is 1.23. The number of aromatic nitrogens is 1. The minimum Gasteiger partial charge on any atom is -0.490 e. The lowest BCUT2D eigenvalue weighted by Gasteiger charge is -2.33. The van der Waals surface area contributed by atoms with Gasteiger partial charge in [0.2, 0.25) is 5.88 Å². The van der Waals surface area contributed by atoms with Gasteiger partial charge in [-0.2, -0.15) is 0 Å². The van der Waals surface area contributed by atoms with E-state index in [0.29, 0.717) is 29.9 Å². The molecular formula is C18H27ClN2O4. The number of halogens is 1. The number of carbonyl (C=O) groups excluding carboxylic acids is 1. The molecule has 1 amide bonds. The summed E-state index contributed by atoms with van der Waals surface area (Å²) in [6.45, 7) is 10.7. The van der Waals surface area contributed by atoms with Gasteiger partial charge in [-0.3, -0.25) is 0 Å². The molecule has 1 aliphatic heterocycles. The van der Waals surface area contributed by atoms with Crippen molar-refractivity contribution in [1.29, 1.82) is 0 Å². The van der Waals surface area contributed by atoms with Crippen LogP contribution in [0.2, 0.25) is 5.15 Å². The second-order valence-corrected chi connectivity index (χ2v) is 7.80. The van der Waals surface area contributed by atoms with E-state index in [-0.39, 0.29) is 18.3 Å². The van der Waals surface area contributed by atoms with Gasteiger partial charge >= 0.3 is 6.09 Å². The van der Waals surface area contributed by atoms with Gasteiger partial charge in [0.15, 0.2) is 0 Å². The molecule has 0 aliphatic carbocycles. The van der Waals surface area contributed by atoms with Crippen LogP contribution in [-0.2, 0) is 4.74 Å². The molecule has 1 fully saturated rings. The third-order valence-electron chi connectivity index (χ3n) is 3.50. The second-order valence-electron chi connectivity index (χ2n) is 7.42. The minimum absolute atomic E-state index is 0.0101. The third kappa shape index (κ3) is 6.61. The van der Waals surface area contributed by atoms with Gasteiger partial charge in [-0.1, -0.05) is 11.6 Å². The summed E-state index contributed by atoms with van der Waals surface area (Å²) in [6, 6.07) is 3.42. The minimum atomic E-state index is -0.481. The lowest BCUT2D eigenvalue weighted by Crippen LogP contribution is -2.44. The first kappa shape index (κ1) is 19.6. The third-order valence-corrected chi connectivity index (χ3v) is 3.69. The fourth-order valence-electron chi connectivity index (χ4n) is 2.50. The number of amides is 1. The molecule has 0 aromatic carbocycles. The smallest absolute Gasteiger partial charge is 0.410 e. The zero-order valence-electron chi connectivity index (χ0n) is 15.5. The fourth-order valence-corrected chi connectivity index (χ4v) is 2.69. The molecule has 0 bridgehead atoms. The van der Waals surface area contributed by atoms with Crippen LogP contribution < -0.4 is 9.47 Å². The Hall–Kier alpha value is -1.69. The van der Waals surface area contributed by atoms with Crippen LogP contribution in [0.3, 0.4) is 0 Å². The van der Waals surface area contributed by atoms with Gasteiger partial charge < -0.3 is 19.1 Å². The number of rotatable bonds is 4. The predicted molar refractivity (Wildman–Crippen MR) is 96.5 cm³/mol. The normalized spacial score (nSPS) is 16.0. The number of likely N-dealkylation sites (tertiary alicyclic amines) is 1. The number of pyridine rings is 1. The monoisotopic (exact) mass is 370 g/mol. The van der Waals surface area contributed by atoms with Crippen LogP contribution in [-0.4, -0.2) is 46.9 Å². The number of carbonyl (C=O) groups is 1. The highest BCUT2D eigenvalue weighted by Crippen LogP contribution is 2.26. The number of hydrogen-bond acceptors (Lipinski definition) is 5. The number of piperidine rings is 1. The van der Waals surface area contributed by atoms with Gasteiger partial charge in [0, 0.05) is 38.1 Å². The maximum Gasteiger partial charge on any atom is 0.410 e. The molecule has 7 heteroatoms. The molecule has 1 aromatic rings. The quantitative estimate of drug-likeness (QED) is 0.739. The van der Waals surface area contributed by atoms with Crippen molar-refractivity contribution in [1.82, 2.24) is 9.88 Å². The van der Waals surface area contributed by atoms with Crippen molar-refractivity contribution in [2.45, 2.75) is 65.3 Å². The number of nitrogens with zero attached hydrogens (tertiary/aromatic N) is 2. The van der Waals surface area contributed by atoms with E-state index in [1.807, 2.05) is 34.6 Å². The summed E-state index contributed by atoms with van der Waals surface area (Å²) in [4.78, 5) is 17.9. The molecule has 25 heavy (non-hydrogen) atoms. The van der Waals surface area contributed by atoms with Crippen molar-refractivity contribution in [2.75, 3.05) is 13.1 Å². The van der Waals surface area contributed by atoms with Crippen LogP contribution in [0.1, 0.15) is 47.5 Å². The van der Waals surface area contributed by atoms with Crippen molar-refractivity contribution in [2.24, 2.45) is 0 Å². The summed E-state index contributed by atoms with van der Waals surface area (Å²) in [5, 5.41) is 0.333. The van der Waals surface area contributed by atoms with E-state index in [1.54, 1.807) is 17.0 Å². The molecule has 0 radical (unpaired) electrons. The number of hydrogen-bond donors (Lipinski definition) is 0. The number of ether oxygens (including phenoxy) is 3. The van der Waals surface area contributed by atoms with Crippen LogP contribution in [0.5, 0.6) is 11.6 Å². The Morgan fingerprint density at radius 3 is 2.48 bits per heavy atom. The molecule has 6 nitrogen and oxygen atoms in total. The van der Waals surface area contributed by atoms with Crippen LogP contribution in [0, 0.1) is 0 Å². The predicted octanol–water partition coefficient (Wildman–Crippen LogP) is 4.30. The summed E-state index contributed by atoms with van der Waals surface area (Å²) >= 11 is 6.04. The average Bonchev–Trinajstić information content (AvgIpc) is 2.44. The molecular weight excluding hydrogens is 344 g/mol. The van der Waals surface area contributed by atoms with Crippen LogP contribution in [0.25, 0.3) is 0 Å². The zero-order valence-corrected chi connectivity index (χ0v) is 16.3. The van der Waals surface area contributed by atoms with Crippen LogP contribution in [0.4, 0.5) is 4.79 Å². The maximum atomic E-state index is 12.1. The highest BCUT2D eigenvalue weighted by atomic mass is 35.5. The standard InChI is InChI=1S/C18H27ClN2O4/c1-12(2)23-16-11-14(10-15(19)20-16)24-13-6-8-21(9-7-13)17(22)25-18(3,4)5/h10-13H,6-9H2,1-5H3. The first-order chi connectivity index (χ1) is 11.6. The molecule has 1 aromatic heterocycles. The zero-order chi connectivity index (χ0) is 18.6. The summed E-state index contributed by atoms with van der Waals surface area (Å²) in [7, 11) is 0. The molecule has 0 saturated carbocycles. The lowest BCUT2D eigenvalue weighted by molar-refractivity contribution is 0.0126. The first-order valence-corrected chi connectivity index (χ1v) is 8.99. The molecule has 1 saturated heterocycles. The molecule has 2 rings (SSSR count). The van der Waals surface area contributed by atoms with E-state index in [4.69, 9.17) is 25.8 Å². The Labute approximate surface area is 154 Å². The van der Waals surface area contributed by atoms with Crippen molar-refractivity contribution >= 4 is 17.7 Å². The van der Waals surface area contributed by atoms with E-state index in [2.05, 4.69) is 4.98 Å². The van der Waals surface area contributed by atoms with Crippen molar-refractivity contribution in [3.63, 3.8) is 0 Å². The highest BCUT2D eigenvalue weighted by molar-refractivity contribution is 6.29. The van der Waals surface area contributed by atoms with Gasteiger partial charge in [0.05, 0.1) is 6.10 Å². The van der Waals surface area contributed by atoms with E-state index >= 15 is 0 Å². The van der Waals surface area contributed by atoms with Crippen LogP contribution >= 0.6 is 11.6 Å². The molecule has 0 spiro atoms.